The summed E-state index contributed by atoms with van der Waals surface area (Å²) in [4.78, 5) is 0. The predicted octanol–water partition coefficient (Wildman–Crippen LogP) is 2.93. The van der Waals surface area contributed by atoms with Crippen LogP contribution in [0.5, 0.6) is 0 Å². The normalized spacial score (nSPS) is 11.4. The van der Waals surface area contributed by atoms with Gasteiger partial charge in [0.2, 0.25) is 0 Å². The van der Waals surface area contributed by atoms with E-state index in [0.717, 1.165) is 17.9 Å². The van der Waals surface area contributed by atoms with Gasteiger partial charge in [-0.15, -0.1) is 0 Å². The Morgan fingerprint density at radius 3 is 2.47 bits per heavy atom. The first-order valence-corrected chi connectivity index (χ1v) is 6.80. The average molecular weight is 344 g/mol. The van der Waals surface area contributed by atoms with Gasteiger partial charge in [0.15, 0.2) is 0 Å². The van der Waals surface area contributed by atoms with Crippen LogP contribution < -0.4 is 0 Å². The molecule has 4 nitrogen and oxygen atoms in total. The van der Waals surface area contributed by atoms with Crippen LogP contribution in [0.15, 0.2) is 12.3 Å². The van der Waals surface area contributed by atoms with Crippen LogP contribution >= 0.6 is 22.6 Å². The van der Waals surface area contributed by atoms with Crippen LogP contribution in [0.3, 0.4) is 0 Å². The molecule has 92 valence electrons. The average Bonchev–Trinajstić information content (AvgIpc) is 2.82. The van der Waals surface area contributed by atoms with Crippen molar-refractivity contribution in [2.45, 2.75) is 40.3 Å². The minimum atomic E-state index is 0.407. The SMILES string of the molecule is Cc1nn(Cc2ccn(C(C)C)n2)c(C)c1I. The van der Waals surface area contributed by atoms with Gasteiger partial charge in [0.1, 0.15) is 0 Å². The lowest BCUT2D eigenvalue weighted by atomic mass is 10.4. The zero-order valence-electron chi connectivity index (χ0n) is 10.6. The van der Waals surface area contributed by atoms with E-state index in [9.17, 15) is 0 Å². The van der Waals surface area contributed by atoms with Crippen LogP contribution in [0.1, 0.15) is 37.0 Å². The van der Waals surface area contributed by atoms with Crippen molar-refractivity contribution in [1.82, 2.24) is 19.6 Å². The molecular weight excluding hydrogens is 327 g/mol. The zero-order chi connectivity index (χ0) is 12.6. The number of nitrogens with zero attached hydrogens (tertiary/aromatic N) is 4. The number of halogens is 1. The minimum absolute atomic E-state index is 0.407. The summed E-state index contributed by atoms with van der Waals surface area (Å²) in [5.41, 5.74) is 3.36. The van der Waals surface area contributed by atoms with E-state index in [1.165, 1.54) is 9.26 Å². The fourth-order valence-corrected chi connectivity index (χ4v) is 2.12. The van der Waals surface area contributed by atoms with E-state index in [2.05, 4.69) is 59.6 Å². The summed E-state index contributed by atoms with van der Waals surface area (Å²) in [6.07, 6.45) is 2.02. The molecule has 0 amide bonds. The largest absolute Gasteiger partial charge is 0.270 e. The third-order valence-electron chi connectivity index (χ3n) is 2.80. The maximum atomic E-state index is 4.54. The van der Waals surface area contributed by atoms with E-state index in [0.29, 0.717) is 6.04 Å². The Kier molecular flexibility index (Phi) is 3.56. The first-order chi connectivity index (χ1) is 7.99. The number of hydrogen-bond acceptors (Lipinski definition) is 2. The van der Waals surface area contributed by atoms with Crippen LogP contribution in [-0.2, 0) is 6.54 Å². The molecule has 17 heavy (non-hydrogen) atoms. The Hall–Kier alpha value is -0.850. The lowest BCUT2D eigenvalue weighted by Crippen LogP contribution is -2.07. The second-order valence-electron chi connectivity index (χ2n) is 4.52. The number of aryl methyl sites for hydroxylation is 1. The maximum absolute atomic E-state index is 4.54. The van der Waals surface area contributed by atoms with Gasteiger partial charge in [0.25, 0.3) is 0 Å². The summed E-state index contributed by atoms with van der Waals surface area (Å²) in [6.45, 7) is 9.14. The molecule has 0 aromatic carbocycles. The van der Waals surface area contributed by atoms with Gasteiger partial charge in [-0.1, -0.05) is 0 Å². The number of aromatic nitrogens is 4. The highest BCUT2D eigenvalue weighted by Crippen LogP contribution is 2.16. The van der Waals surface area contributed by atoms with E-state index in [1.54, 1.807) is 0 Å². The molecule has 2 aromatic heterocycles. The molecule has 0 aliphatic heterocycles. The van der Waals surface area contributed by atoms with Crippen molar-refractivity contribution in [3.05, 3.63) is 32.9 Å². The van der Waals surface area contributed by atoms with Crippen molar-refractivity contribution in [2.75, 3.05) is 0 Å². The molecular formula is C12H17IN4. The van der Waals surface area contributed by atoms with Crippen LogP contribution in [0.25, 0.3) is 0 Å². The molecule has 0 N–H and O–H groups in total. The highest BCUT2D eigenvalue weighted by atomic mass is 127. The van der Waals surface area contributed by atoms with Gasteiger partial charge in [0, 0.05) is 17.9 Å². The molecule has 0 atom stereocenters. The smallest absolute Gasteiger partial charge is 0.0853 e. The van der Waals surface area contributed by atoms with Gasteiger partial charge >= 0.3 is 0 Å². The predicted molar refractivity (Wildman–Crippen MR) is 76.1 cm³/mol. The molecule has 2 heterocycles. The van der Waals surface area contributed by atoms with Gasteiger partial charge in [0.05, 0.1) is 21.5 Å². The molecule has 0 unspecified atom stereocenters. The summed E-state index contributed by atoms with van der Waals surface area (Å²) in [5.74, 6) is 0. The van der Waals surface area contributed by atoms with Crippen molar-refractivity contribution in [1.29, 1.82) is 0 Å². The highest BCUT2D eigenvalue weighted by Gasteiger charge is 2.10. The van der Waals surface area contributed by atoms with Crippen LogP contribution in [-0.4, -0.2) is 19.6 Å². The second-order valence-corrected chi connectivity index (χ2v) is 5.60. The zero-order valence-corrected chi connectivity index (χ0v) is 12.8. The number of hydrogen-bond donors (Lipinski definition) is 0. The molecule has 0 aliphatic carbocycles. The molecule has 0 fully saturated rings. The summed E-state index contributed by atoms with van der Waals surface area (Å²) in [7, 11) is 0. The molecule has 0 radical (unpaired) electrons. The quantitative estimate of drug-likeness (QED) is 0.803. The summed E-state index contributed by atoms with van der Waals surface area (Å²) in [5, 5.41) is 9.06. The van der Waals surface area contributed by atoms with Crippen molar-refractivity contribution in [2.24, 2.45) is 0 Å². The Morgan fingerprint density at radius 2 is 2.00 bits per heavy atom. The van der Waals surface area contributed by atoms with Gasteiger partial charge in [-0.05, 0) is 56.4 Å². The molecule has 5 heteroatoms. The fraction of sp³-hybridized carbons (Fsp3) is 0.500. The Balaban J connectivity index is 2.22. The molecule has 0 aliphatic rings. The lowest BCUT2D eigenvalue weighted by Gasteiger charge is -2.04. The monoisotopic (exact) mass is 344 g/mol. The Labute approximate surface area is 115 Å². The molecule has 2 aromatic rings. The van der Waals surface area contributed by atoms with Crippen molar-refractivity contribution < 1.29 is 0 Å². The van der Waals surface area contributed by atoms with Crippen molar-refractivity contribution >= 4 is 22.6 Å². The van der Waals surface area contributed by atoms with E-state index in [4.69, 9.17) is 0 Å². The van der Waals surface area contributed by atoms with Gasteiger partial charge in [-0.2, -0.15) is 10.2 Å². The van der Waals surface area contributed by atoms with Crippen molar-refractivity contribution in [3.63, 3.8) is 0 Å². The van der Waals surface area contributed by atoms with Crippen LogP contribution in [0.2, 0.25) is 0 Å². The summed E-state index contributed by atoms with van der Waals surface area (Å²) < 4.78 is 5.24. The van der Waals surface area contributed by atoms with Crippen LogP contribution in [0, 0.1) is 17.4 Å². The highest BCUT2D eigenvalue weighted by molar-refractivity contribution is 14.1. The number of rotatable bonds is 3. The van der Waals surface area contributed by atoms with E-state index in [-0.39, 0.29) is 0 Å². The molecule has 2 rings (SSSR count). The summed E-state index contributed by atoms with van der Waals surface area (Å²) in [6, 6.07) is 2.47. The molecule has 0 saturated carbocycles. The molecule has 0 spiro atoms. The summed E-state index contributed by atoms with van der Waals surface area (Å²) >= 11 is 2.34. The minimum Gasteiger partial charge on any atom is -0.270 e. The van der Waals surface area contributed by atoms with Gasteiger partial charge in [-0.25, -0.2) is 0 Å². The third-order valence-corrected chi connectivity index (χ3v) is 4.36. The lowest BCUT2D eigenvalue weighted by molar-refractivity contribution is 0.519. The maximum Gasteiger partial charge on any atom is 0.0853 e. The third kappa shape index (κ3) is 2.53. The van der Waals surface area contributed by atoms with Crippen molar-refractivity contribution in [3.8, 4) is 0 Å². The standard InChI is InChI=1S/C12H17IN4/c1-8(2)16-6-5-11(15-16)7-17-10(4)12(13)9(3)14-17/h5-6,8H,7H2,1-4H3. The molecule has 0 saturated heterocycles. The fourth-order valence-electron chi connectivity index (χ4n) is 1.73. The van der Waals surface area contributed by atoms with Gasteiger partial charge in [-0.3, -0.25) is 9.36 Å². The van der Waals surface area contributed by atoms with E-state index in [1.807, 2.05) is 22.5 Å². The first-order valence-electron chi connectivity index (χ1n) is 5.72. The van der Waals surface area contributed by atoms with Gasteiger partial charge < -0.3 is 0 Å². The van der Waals surface area contributed by atoms with E-state index >= 15 is 0 Å². The Bertz CT molecular complexity index is 525. The first kappa shape index (κ1) is 12.6. The topological polar surface area (TPSA) is 35.6 Å². The molecule has 0 bridgehead atoms. The van der Waals surface area contributed by atoms with E-state index < -0.39 is 0 Å². The second kappa shape index (κ2) is 4.80. The van der Waals surface area contributed by atoms with Crippen LogP contribution in [0.4, 0.5) is 0 Å². The Morgan fingerprint density at radius 1 is 1.29 bits per heavy atom.